The van der Waals surface area contributed by atoms with Crippen LogP contribution in [0.5, 0.6) is 0 Å². The number of nitrogens with zero attached hydrogens (tertiary/aromatic N) is 3. The SMILES string of the molecule is Cc1ccc(-n2nc(C)c3c2NC2=C(C(=O)CCC2)C3c2ccc(N(C)C)cc2)cc1. The Hall–Kier alpha value is -3.34. The Kier molecular flexibility index (Phi) is 4.69. The fraction of sp³-hybridized carbons (Fsp3) is 0.308. The topological polar surface area (TPSA) is 50.2 Å². The van der Waals surface area contributed by atoms with Gasteiger partial charge in [0.05, 0.1) is 11.4 Å². The minimum atomic E-state index is -0.0885. The Labute approximate surface area is 183 Å². The van der Waals surface area contributed by atoms with E-state index >= 15 is 0 Å². The first-order valence-corrected chi connectivity index (χ1v) is 10.9. The Bertz CT molecular complexity index is 1180. The quantitative estimate of drug-likeness (QED) is 0.649. The Morgan fingerprint density at radius 3 is 2.39 bits per heavy atom. The first-order valence-electron chi connectivity index (χ1n) is 10.9. The normalized spacial score (nSPS) is 17.8. The van der Waals surface area contributed by atoms with Crippen LogP contribution in [0.1, 0.15) is 47.6 Å². The highest BCUT2D eigenvalue weighted by Gasteiger charge is 2.38. The van der Waals surface area contributed by atoms with Crippen LogP contribution in [0.15, 0.2) is 59.8 Å². The zero-order valence-corrected chi connectivity index (χ0v) is 18.6. The fourth-order valence-corrected chi connectivity index (χ4v) is 4.79. The zero-order chi connectivity index (χ0) is 21.7. The minimum Gasteiger partial charge on any atom is -0.378 e. The van der Waals surface area contributed by atoms with Gasteiger partial charge in [-0.15, -0.1) is 0 Å². The summed E-state index contributed by atoms with van der Waals surface area (Å²) in [6.45, 7) is 4.13. The van der Waals surface area contributed by atoms with E-state index in [9.17, 15) is 4.79 Å². The number of nitrogens with one attached hydrogen (secondary N) is 1. The lowest BCUT2D eigenvalue weighted by atomic mass is 9.76. The second-order valence-electron chi connectivity index (χ2n) is 8.81. The highest BCUT2D eigenvalue weighted by atomic mass is 16.1. The first-order chi connectivity index (χ1) is 14.9. The predicted molar refractivity (Wildman–Crippen MR) is 125 cm³/mol. The number of anilines is 2. The van der Waals surface area contributed by atoms with E-state index in [2.05, 4.69) is 65.7 Å². The maximum Gasteiger partial charge on any atom is 0.161 e. The third kappa shape index (κ3) is 3.25. The van der Waals surface area contributed by atoms with E-state index < -0.39 is 0 Å². The van der Waals surface area contributed by atoms with Gasteiger partial charge in [-0.1, -0.05) is 29.8 Å². The molecule has 2 heterocycles. The van der Waals surface area contributed by atoms with Gasteiger partial charge >= 0.3 is 0 Å². The van der Waals surface area contributed by atoms with Gasteiger partial charge in [0, 0.05) is 49.0 Å². The molecule has 1 aliphatic carbocycles. The average Bonchev–Trinajstić information content (AvgIpc) is 3.09. The van der Waals surface area contributed by atoms with E-state index in [1.807, 2.05) is 25.7 Å². The average molecular weight is 413 g/mol. The maximum atomic E-state index is 13.1. The van der Waals surface area contributed by atoms with Crippen LogP contribution in [0.25, 0.3) is 5.69 Å². The number of benzene rings is 2. The summed E-state index contributed by atoms with van der Waals surface area (Å²) < 4.78 is 1.99. The van der Waals surface area contributed by atoms with E-state index in [0.29, 0.717) is 6.42 Å². The molecule has 0 spiro atoms. The van der Waals surface area contributed by atoms with E-state index in [1.165, 1.54) is 5.56 Å². The van der Waals surface area contributed by atoms with Crippen LogP contribution in [0.4, 0.5) is 11.5 Å². The second-order valence-corrected chi connectivity index (χ2v) is 8.81. The molecule has 1 N–H and O–H groups in total. The standard InChI is InChI=1S/C26H28N4O/c1-16-8-12-20(13-9-16)30-26-23(17(2)28-30)24(18-10-14-19(15-11-18)29(3)4)25-21(27-26)6-5-7-22(25)31/h8-15,24,27H,5-7H2,1-4H3. The lowest BCUT2D eigenvalue weighted by Crippen LogP contribution is -2.27. The summed E-state index contributed by atoms with van der Waals surface area (Å²) in [5.74, 6) is 1.15. The van der Waals surface area contributed by atoms with Crippen molar-refractivity contribution in [3.8, 4) is 5.69 Å². The van der Waals surface area contributed by atoms with Crippen molar-refractivity contribution >= 4 is 17.3 Å². The first kappa shape index (κ1) is 19.6. The predicted octanol–water partition coefficient (Wildman–Crippen LogP) is 5.12. The molecule has 0 bridgehead atoms. The summed E-state index contributed by atoms with van der Waals surface area (Å²) in [4.78, 5) is 15.2. The van der Waals surface area contributed by atoms with Gasteiger partial charge in [0.1, 0.15) is 5.82 Å². The van der Waals surface area contributed by atoms with Gasteiger partial charge in [-0.25, -0.2) is 4.68 Å². The van der Waals surface area contributed by atoms with Gasteiger partial charge in [0.25, 0.3) is 0 Å². The molecule has 0 radical (unpaired) electrons. The zero-order valence-electron chi connectivity index (χ0n) is 18.6. The Morgan fingerprint density at radius 1 is 1.00 bits per heavy atom. The number of hydrogen-bond donors (Lipinski definition) is 1. The smallest absolute Gasteiger partial charge is 0.161 e. The molecule has 5 heteroatoms. The number of carbonyl (C=O) groups excluding carboxylic acids is 1. The summed E-state index contributed by atoms with van der Waals surface area (Å²) in [5, 5.41) is 8.52. The molecule has 31 heavy (non-hydrogen) atoms. The number of rotatable bonds is 3. The molecule has 0 fully saturated rings. The molecule has 2 aromatic carbocycles. The maximum absolute atomic E-state index is 13.1. The summed E-state index contributed by atoms with van der Waals surface area (Å²) in [7, 11) is 4.08. The van der Waals surface area contributed by atoms with Crippen molar-refractivity contribution in [1.29, 1.82) is 0 Å². The lowest BCUT2D eigenvalue weighted by molar-refractivity contribution is -0.116. The van der Waals surface area contributed by atoms with Gasteiger partial charge in [-0.05, 0) is 56.5 Å². The van der Waals surface area contributed by atoms with Gasteiger partial charge in [-0.2, -0.15) is 5.10 Å². The van der Waals surface area contributed by atoms with Crippen LogP contribution in [-0.4, -0.2) is 29.7 Å². The number of aryl methyl sites for hydroxylation is 2. The van der Waals surface area contributed by atoms with Gasteiger partial charge in [0.15, 0.2) is 5.78 Å². The fourth-order valence-electron chi connectivity index (χ4n) is 4.79. The lowest BCUT2D eigenvalue weighted by Gasteiger charge is -2.33. The van der Waals surface area contributed by atoms with Crippen LogP contribution in [0, 0.1) is 13.8 Å². The monoisotopic (exact) mass is 412 g/mol. The highest BCUT2D eigenvalue weighted by Crippen LogP contribution is 2.47. The summed E-state index contributed by atoms with van der Waals surface area (Å²) in [6, 6.07) is 17.0. The third-order valence-electron chi connectivity index (χ3n) is 6.43. The summed E-state index contributed by atoms with van der Waals surface area (Å²) >= 11 is 0. The number of hydrogen-bond acceptors (Lipinski definition) is 4. The van der Waals surface area contributed by atoms with E-state index in [4.69, 9.17) is 5.10 Å². The number of allylic oxidation sites excluding steroid dienone is 2. The molecule has 1 aliphatic heterocycles. The Balaban J connectivity index is 1.70. The molecule has 158 valence electrons. The van der Waals surface area contributed by atoms with Crippen LogP contribution >= 0.6 is 0 Å². The van der Waals surface area contributed by atoms with Crippen LogP contribution in [0.3, 0.4) is 0 Å². The van der Waals surface area contributed by atoms with Crippen molar-refractivity contribution in [1.82, 2.24) is 9.78 Å². The molecular weight excluding hydrogens is 384 g/mol. The Morgan fingerprint density at radius 2 is 1.71 bits per heavy atom. The van der Waals surface area contributed by atoms with E-state index in [0.717, 1.165) is 58.1 Å². The molecule has 0 amide bonds. The molecule has 1 aromatic heterocycles. The van der Waals surface area contributed by atoms with Crippen LogP contribution in [-0.2, 0) is 4.79 Å². The summed E-state index contributed by atoms with van der Waals surface area (Å²) in [5.41, 5.74) is 8.56. The van der Waals surface area contributed by atoms with Gasteiger partial charge < -0.3 is 10.2 Å². The molecular formula is C26H28N4O. The van der Waals surface area contributed by atoms with Crippen molar-refractivity contribution in [2.75, 3.05) is 24.3 Å². The number of ketones is 1. The summed E-state index contributed by atoms with van der Waals surface area (Å²) in [6.07, 6.45) is 2.40. The van der Waals surface area contributed by atoms with Gasteiger partial charge in [-0.3, -0.25) is 4.79 Å². The van der Waals surface area contributed by atoms with Crippen molar-refractivity contribution in [3.05, 3.63) is 82.2 Å². The molecule has 5 nitrogen and oxygen atoms in total. The molecule has 1 unspecified atom stereocenters. The van der Waals surface area contributed by atoms with Crippen LogP contribution < -0.4 is 10.2 Å². The van der Waals surface area contributed by atoms with E-state index in [-0.39, 0.29) is 11.7 Å². The number of aromatic nitrogens is 2. The highest BCUT2D eigenvalue weighted by molar-refractivity contribution is 6.01. The molecule has 0 saturated carbocycles. The second kappa shape index (κ2) is 7.41. The molecule has 1 atom stereocenters. The van der Waals surface area contributed by atoms with Crippen molar-refractivity contribution in [3.63, 3.8) is 0 Å². The third-order valence-corrected chi connectivity index (χ3v) is 6.43. The number of carbonyl (C=O) groups is 1. The van der Waals surface area contributed by atoms with E-state index in [1.54, 1.807) is 0 Å². The molecule has 5 rings (SSSR count). The number of Topliss-reactive ketones (excluding diaryl/α,β-unsaturated/α-hetero) is 1. The molecule has 3 aromatic rings. The molecule has 2 aliphatic rings. The number of fused-ring (bicyclic) bond motifs is 1. The largest absolute Gasteiger partial charge is 0.378 e. The van der Waals surface area contributed by atoms with Gasteiger partial charge in [0.2, 0.25) is 0 Å². The van der Waals surface area contributed by atoms with Crippen molar-refractivity contribution in [2.45, 2.75) is 39.0 Å². The van der Waals surface area contributed by atoms with Crippen LogP contribution in [0.2, 0.25) is 0 Å². The molecule has 0 saturated heterocycles. The van der Waals surface area contributed by atoms with Crippen molar-refractivity contribution < 1.29 is 4.79 Å². The van der Waals surface area contributed by atoms with Crippen molar-refractivity contribution in [2.24, 2.45) is 0 Å². The minimum absolute atomic E-state index is 0.0885.